The van der Waals surface area contributed by atoms with Crippen LogP contribution in [0.5, 0.6) is 11.5 Å². The van der Waals surface area contributed by atoms with Crippen LogP contribution >= 0.6 is 11.3 Å². The van der Waals surface area contributed by atoms with Gasteiger partial charge in [0.15, 0.2) is 0 Å². The van der Waals surface area contributed by atoms with Crippen molar-refractivity contribution in [1.29, 1.82) is 5.26 Å². The van der Waals surface area contributed by atoms with Crippen molar-refractivity contribution in [2.45, 2.75) is 6.54 Å². The third-order valence-corrected chi connectivity index (χ3v) is 3.58. The van der Waals surface area contributed by atoms with Crippen LogP contribution < -0.4 is 14.8 Å². The molecule has 1 aromatic heterocycles. The summed E-state index contributed by atoms with van der Waals surface area (Å²) in [5.74, 6) is 1.48. The smallest absolute Gasteiger partial charge is 0.124 e. The quantitative estimate of drug-likeness (QED) is 0.909. The van der Waals surface area contributed by atoms with E-state index in [1.807, 2.05) is 30.3 Å². The molecule has 0 radical (unpaired) electrons. The van der Waals surface area contributed by atoms with Crippen molar-refractivity contribution in [2.75, 3.05) is 19.5 Å². The zero-order valence-electron chi connectivity index (χ0n) is 10.8. The highest BCUT2D eigenvalue weighted by molar-refractivity contribution is 7.12. The zero-order chi connectivity index (χ0) is 13.7. The van der Waals surface area contributed by atoms with E-state index in [1.54, 1.807) is 14.2 Å². The van der Waals surface area contributed by atoms with E-state index >= 15 is 0 Å². The average molecular weight is 274 g/mol. The van der Waals surface area contributed by atoms with Crippen LogP contribution in [0.3, 0.4) is 0 Å². The van der Waals surface area contributed by atoms with Crippen molar-refractivity contribution in [3.63, 3.8) is 0 Å². The van der Waals surface area contributed by atoms with E-state index in [9.17, 15) is 0 Å². The van der Waals surface area contributed by atoms with E-state index in [-0.39, 0.29) is 0 Å². The molecule has 1 N–H and O–H groups in total. The molecule has 0 unspecified atom stereocenters. The van der Waals surface area contributed by atoms with Crippen LogP contribution in [0, 0.1) is 11.3 Å². The van der Waals surface area contributed by atoms with Gasteiger partial charge in [0, 0.05) is 35.3 Å². The molecule has 1 aromatic carbocycles. The Bertz CT molecular complexity index is 579. The maximum Gasteiger partial charge on any atom is 0.124 e. The first-order valence-electron chi connectivity index (χ1n) is 5.71. The second-order valence-corrected chi connectivity index (χ2v) is 5.00. The van der Waals surface area contributed by atoms with Gasteiger partial charge in [-0.25, -0.2) is 0 Å². The van der Waals surface area contributed by atoms with Crippen molar-refractivity contribution >= 4 is 17.0 Å². The molecule has 98 valence electrons. The molecule has 5 heteroatoms. The second kappa shape index (κ2) is 6.12. The first kappa shape index (κ1) is 13.2. The summed E-state index contributed by atoms with van der Waals surface area (Å²) < 4.78 is 10.4. The molecule has 0 spiro atoms. The Kier molecular flexibility index (Phi) is 4.26. The van der Waals surface area contributed by atoms with Crippen LogP contribution in [-0.4, -0.2) is 14.2 Å². The number of hydrogen-bond acceptors (Lipinski definition) is 5. The SMILES string of the molecule is COc1cc(NCc2ccc(C#N)s2)cc(OC)c1. The summed E-state index contributed by atoms with van der Waals surface area (Å²) in [5, 5.41) is 12.1. The highest BCUT2D eigenvalue weighted by atomic mass is 32.1. The monoisotopic (exact) mass is 274 g/mol. The molecular weight excluding hydrogens is 260 g/mol. The highest BCUT2D eigenvalue weighted by Gasteiger charge is 2.03. The lowest BCUT2D eigenvalue weighted by atomic mass is 10.2. The van der Waals surface area contributed by atoms with Crippen molar-refractivity contribution < 1.29 is 9.47 Å². The number of ether oxygens (including phenoxy) is 2. The number of methoxy groups -OCH3 is 2. The van der Waals surface area contributed by atoms with E-state index in [4.69, 9.17) is 14.7 Å². The van der Waals surface area contributed by atoms with Gasteiger partial charge in [-0.1, -0.05) is 0 Å². The van der Waals surface area contributed by atoms with E-state index in [2.05, 4.69) is 11.4 Å². The lowest BCUT2D eigenvalue weighted by Gasteiger charge is -2.09. The van der Waals surface area contributed by atoms with Gasteiger partial charge in [-0.15, -0.1) is 11.3 Å². The van der Waals surface area contributed by atoms with Gasteiger partial charge in [0.25, 0.3) is 0 Å². The van der Waals surface area contributed by atoms with Gasteiger partial charge in [0.2, 0.25) is 0 Å². The number of rotatable bonds is 5. The maximum absolute atomic E-state index is 8.78. The van der Waals surface area contributed by atoms with Gasteiger partial charge in [-0.3, -0.25) is 0 Å². The van der Waals surface area contributed by atoms with Gasteiger partial charge in [-0.2, -0.15) is 5.26 Å². The Labute approximate surface area is 116 Å². The molecule has 0 aliphatic carbocycles. The molecule has 2 aromatic rings. The average Bonchev–Trinajstić information content (AvgIpc) is 2.92. The lowest BCUT2D eigenvalue weighted by Crippen LogP contribution is -1.98. The third kappa shape index (κ3) is 3.39. The van der Waals surface area contributed by atoms with Crippen LogP contribution in [0.2, 0.25) is 0 Å². The summed E-state index contributed by atoms with van der Waals surface area (Å²) >= 11 is 1.49. The summed E-state index contributed by atoms with van der Waals surface area (Å²) in [4.78, 5) is 1.83. The molecule has 0 aliphatic heterocycles. The number of nitrogens with one attached hydrogen (secondary N) is 1. The van der Waals surface area contributed by atoms with Crippen LogP contribution in [0.1, 0.15) is 9.75 Å². The van der Waals surface area contributed by atoms with Gasteiger partial charge in [0.1, 0.15) is 22.4 Å². The standard InChI is InChI=1S/C14H14N2O2S/c1-17-11-5-10(6-12(7-11)18-2)16-9-14-4-3-13(8-15)19-14/h3-7,16H,9H2,1-2H3. The largest absolute Gasteiger partial charge is 0.497 e. The Balaban J connectivity index is 2.08. The first-order valence-corrected chi connectivity index (χ1v) is 6.52. The molecular formula is C14H14N2O2S. The normalized spacial score (nSPS) is 9.74. The molecule has 0 saturated heterocycles. The fourth-order valence-electron chi connectivity index (χ4n) is 1.63. The summed E-state index contributed by atoms with van der Waals surface area (Å²) in [6, 6.07) is 11.5. The molecule has 0 fully saturated rings. The van der Waals surface area contributed by atoms with Crippen LogP contribution in [0.15, 0.2) is 30.3 Å². The number of nitrogens with zero attached hydrogens (tertiary/aromatic N) is 1. The first-order chi connectivity index (χ1) is 9.25. The number of benzene rings is 1. The van der Waals surface area contributed by atoms with Crippen LogP contribution in [0.25, 0.3) is 0 Å². The minimum atomic E-state index is 0.669. The van der Waals surface area contributed by atoms with Gasteiger partial charge in [0.05, 0.1) is 14.2 Å². The molecule has 0 atom stereocenters. The predicted octanol–water partition coefficient (Wildman–Crippen LogP) is 3.25. The van der Waals surface area contributed by atoms with Gasteiger partial charge < -0.3 is 14.8 Å². The lowest BCUT2D eigenvalue weighted by molar-refractivity contribution is 0.394. The van der Waals surface area contributed by atoms with Crippen molar-refractivity contribution in [3.8, 4) is 17.6 Å². The molecule has 0 bridgehead atoms. The summed E-state index contributed by atoms with van der Waals surface area (Å²) in [5.41, 5.74) is 0.920. The zero-order valence-corrected chi connectivity index (χ0v) is 11.6. The Morgan fingerprint density at radius 2 is 1.84 bits per heavy atom. The van der Waals surface area contributed by atoms with Crippen LogP contribution in [0.4, 0.5) is 5.69 Å². The minimum absolute atomic E-state index is 0.669. The van der Waals surface area contributed by atoms with Crippen molar-refractivity contribution in [1.82, 2.24) is 0 Å². The van der Waals surface area contributed by atoms with E-state index in [0.29, 0.717) is 6.54 Å². The van der Waals surface area contributed by atoms with Gasteiger partial charge in [-0.05, 0) is 12.1 Å². The molecule has 19 heavy (non-hydrogen) atoms. The van der Waals surface area contributed by atoms with E-state index in [1.165, 1.54) is 11.3 Å². The van der Waals surface area contributed by atoms with Crippen molar-refractivity contribution in [2.24, 2.45) is 0 Å². The second-order valence-electron chi connectivity index (χ2n) is 3.83. The fraction of sp³-hybridized carbons (Fsp3) is 0.214. The topological polar surface area (TPSA) is 54.3 Å². The molecule has 2 rings (SSSR count). The predicted molar refractivity (Wildman–Crippen MR) is 75.9 cm³/mol. The van der Waals surface area contributed by atoms with Gasteiger partial charge >= 0.3 is 0 Å². The summed E-state index contributed by atoms with van der Waals surface area (Å²) in [6.45, 7) is 0.669. The summed E-state index contributed by atoms with van der Waals surface area (Å²) in [7, 11) is 3.24. The molecule has 4 nitrogen and oxygen atoms in total. The van der Waals surface area contributed by atoms with E-state index < -0.39 is 0 Å². The Morgan fingerprint density at radius 3 is 2.37 bits per heavy atom. The number of anilines is 1. The minimum Gasteiger partial charge on any atom is -0.497 e. The van der Waals surface area contributed by atoms with E-state index in [0.717, 1.165) is 26.9 Å². The number of nitriles is 1. The van der Waals surface area contributed by atoms with Crippen molar-refractivity contribution in [3.05, 3.63) is 40.1 Å². The Hall–Kier alpha value is -2.19. The molecule has 0 saturated carbocycles. The fourth-order valence-corrected chi connectivity index (χ4v) is 2.38. The number of hydrogen-bond donors (Lipinski definition) is 1. The summed E-state index contributed by atoms with van der Waals surface area (Å²) in [6.07, 6.45) is 0. The highest BCUT2D eigenvalue weighted by Crippen LogP contribution is 2.26. The molecule has 0 aliphatic rings. The molecule has 0 amide bonds. The van der Waals surface area contributed by atoms with Crippen LogP contribution in [-0.2, 0) is 6.54 Å². The number of thiophene rings is 1. The molecule has 1 heterocycles. The maximum atomic E-state index is 8.78. The third-order valence-electron chi connectivity index (χ3n) is 2.59. The Morgan fingerprint density at radius 1 is 1.16 bits per heavy atom.